The van der Waals surface area contributed by atoms with E-state index in [0.29, 0.717) is 5.75 Å². The van der Waals surface area contributed by atoms with Gasteiger partial charge in [0.15, 0.2) is 0 Å². The van der Waals surface area contributed by atoms with E-state index in [1.165, 1.54) is 6.08 Å². The van der Waals surface area contributed by atoms with Crippen LogP contribution in [0.15, 0.2) is 48.8 Å². The standard InChI is InChI=1S/C13H11N3O2/c14-12(17)7-4-10-2-5-11(6-3-10)18-13-15-8-1-9-16-13/h1-9H,(H2,14,17)/b7-4-. The molecular formula is C13H11N3O2. The van der Waals surface area contributed by atoms with Crippen LogP contribution in [-0.2, 0) is 4.79 Å². The van der Waals surface area contributed by atoms with E-state index in [1.54, 1.807) is 48.8 Å². The van der Waals surface area contributed by atoms with E-state index in [1.807, 2.05) is 0 Å². The van der Waals surface area contributed by atoms with Crippen molar-refractivity contribution in [3.63, 3.8) is 0 Å². The van der Waals surface area contributed by atoms with Crippen molar-refractivity contribution in [3.8, 4) is 11.8 Å². The van der Waals surface area contributed by atoms with Crippen LogP contribution in [0.25, 0.3) is 6.08 Å². The summed E-state index contributed by atoms with van der Waals surface area (Å²) < 4.78 is 5.42. The quantitative estimate of drug-likeness (QED) is 0.827. The number of benzene rings is 1. The molecule has 2 rings (SSSR count). The van der Waals surface area contributed by atoms with Gasteiger partial charge in [0.2, 0.25) is 5.91 Å². The zero-order valence-corrected chi connectivity index (χ0v) is 9.48. The summed E-state index contributed by atoms with van der Waals surface area (Å²) in [4.78, 5) is 18.5. The van der Waals surface area contributed by atoms with Crippen molar-refractivity contribution in [3.05, 3.63) is 54.4 Å². The molecule has 0 aliphatic rings. The van der Waals surface area contributed by atoms with Gasteiger partial charge in [-0.1, -0.05) is 12.1 Å². The van der Waals surface area contributed by atoms with Gasteiger partial charge >= 0.3 is 6.01 Å². The van der Waals surface area contributed by atoms with Gasteiger partial charge in [-0.3, -0.25) is 4.79 Å². The van der Waals surface area contributed by atoms with Crippen molar-refractivity contribution in [2.24, 2.45) is 5.73 Å². The number of amides is 1. The average Bonchev–Trinajstić information content (AvgIpc) is 2.39. The molecule has 0 fully saturated rings. The van der Waals surface area contributed by atoms with Crippen molar-refractivity contribution < 1.29 is 9.53 Å². The Hall–Kier alpha value is -2.69. The summed E-state index contributed by atoms with van der Waals surface area (Å²) in [6.07, 6.45) is 6.14. The van der Waals surface area contributed by atoms with Gasteiger partial charge in [-0.05, 0) is 29.8 Å². The number of rotatable bonds is 4. The van der Waals surface area contributed by atoms with Crippen LogP contribution >= 0.6 is 0 Å². The van der Waals surface area contributed by atoms with E-state index in [0.717, 1.165) is 5.56 Å². The highest BCUT2D eigenvalue weighted by atomic mass is 16.5. The minimum atomic E-state index is -0.479. The van der Waals surface area contributed by atoms with E-state index in [-0.39, 0.29) is 6.01 Å². The van der Waals surface area contributed by atoms with Crippen LogP contribution in [0.4, 0.5) is 0 Å². The third-order valence-electron chi connectivity index (χ3n) is 2.07. The lowest BCUT2D eigenvalue weighted by atomic mass is 10.2. The van der Waals surface area contributed by atoms with Crippen molar-refractivity contribution in [2.45, 2.75) is 0 Å². The Morgan fingerprint density at radius 2 is 1.83 bits per heavy atom. The number of nitrogens with zero attached hydrogens (tertiary/aromatic N) is 2. The predicted octanol–water partition coefficient (Wildman–Crippen LogP) is 1.77. The normalized spacial score (nSPS) is 10.4. The second-order valence-electron chi connectivity index (χ2n) is 3.44. The maximum absolute atomic E-state index is 10.6. The van der Waals surface area contributed by atoms with E-state index in [2.05, 4.69) is 9.97 Å². The molecule has 1 aromatic carbocycles. The summed E-state index contributed by atoms with van der Waals surface area (Å²) in [6.45, 7) is 0. The van der Waals surface area contributed by atoms with Crippen LogP contribution in [0.5, 0.6) is 11.8 Å². The average molecular weight is 241 g/mol. The molecule has 1 heterocycles. The number of ether oxygens (including phenoxy) is 1. The number of nitrogens with two attached hydrogens (primary N) is 1. The monoisotopic (exact) mass is 241 g/mol. The van der Waals surface area contributed by atoms with Gasteiger partial charge in [0.1, 0.15) is 5.75 Å². The molecule has 0 radical (unpaired) electrons. The zero-order valence-electron chi connectivity index (χ0n) is 9.48. The Bertz CT molecular complexity index is 550. The minimum Gasteiger partial charge on any atom is -0.424 e. The molecule has 0 aliphatic heterocycles. The first-order valence-electron chi connectivity index (χ1n) is 5.26. The lowest BCUT2D eigenvalue weighted by Crippen LogP contribution is -2.04. The molecule has 5 heteroatoms. The fourth-order valence-electron chi connectivity index (χ4n) is 1.27. The molecule has 2 N–H and O–H groups in total. The highest BCUT2D eigenvalue weighted by Gasteiger charge is 1.98. The van der Waals surface area contributed by atoms with Gasteiger partial charge in [0, 0.05) is 18.5 Å². The molecule has 90 valence electrons. The van der Waals surface area contributed by atoms with Crippen LogP contribution in [0, 0.1) is 0 Å². The summed E-state index contributed by atoms with van der Waals surface area (Å²) in [5, 5.41) is 0. The first-order valence-corrected chi connectivity index (χ1v) is 5.26. The van der Waals surface area contributed by atoms with Gasteiger partial charge < -0.3 is 10.5 Å². The molecule has 0 saturated heterocycles. The molecule has 1 amide bonds. The van der Waals surface area contributed by atoms with Crippen molar-refractivity contribution in [2.75, 3.05) is 0 Å². The minimum absolute atomic E-state index is 0.290. The number of hydrogen-bond acceptors (Lipinski definition) is 4. The largest absolute Gasteiger partial charge is 0.424 e. The first kappa shape index (κ1) is 11.8. The summed E-state index contributed by atoms with van der Waals surface area (Å²) in [6, 6.07) is 9.13. The number of carbonyl (C=O) groups is 1. The smallest absolute Gasteiger partial charge is 0.321 e. The Labute approximate surface area is 104 Å². The number of carbonyl (C=O) groups excluding carboxylic acids is 1. The molecule has 0 bridgehead atoms. The number of aromatic nitrogens is 2. The van der Waals surface area contributed by atoms with E-state index in [4.69, 9.17) is 10.5 Å². The van der Waals surface area contributed by atoms with Crippen LogP contribution < -0.4 is 10.5 Å². The van der Waals surface area contributed by atoms with Crippen LogP contribution in [-0.4, -0.2) is 15.9 Å². The fraction of sp³-hybridized carbons (Fsp3) is 0. The lowest BCUT2D eigenvalue weighted by Gasteiger charge is -2.02. The SMILES string of the molecule is NC(=O)/C=C\c1ccc(Oc2ncccn2)cc1. The lowest BCUT2D eigenvalue weighted by molar-refractivity contribution is -0.113. The van der Waals surface area contributed by atoms with Crippen molar-refractivity contribution in [1.29, 1.82) is 0 Å². The maximum Gasteiger partial charge on any atom is 0.321 e. The second kappa shape index (κ2) is 5.58. The molecule has 5 nitrogen and oxygen atoms in total. The van der Waals surface area contributed by atoms with Gasteiger partial charge in [0.25, 0.3) is 0 Å². The Morgan fingerprint density at radius 3 is 2.44 bits per heavy atom. The molecule has 0 aliphatic carbocycles. The topological polar surface area (TPSA) is 78.1 Å². The summed E-state index contributed by atoms with van der Waals surface area (Å²) in [5.41, 5.74) is 5.86. The Kier molecular flexibility index (Phi) is 3.66. The number of hydrogen-bond donors (Lipinski definition) is 1. The summed E-state index contributed by atoms with van der Waals surface area (Å²) in [7, 11) is 0. The highest BCUT2D eigenvalue weighted by molar-refractivity contribution is 5.90. The predicted molar refractivity (Wildman–Crippen MR) is 66.8 cm³/mol. The Morgan fingerprint density at radius 1 is 1.17 bits per heavy atom. The molecule has 0 spiro atoms. The molecule has 1 aromatic heterocycles. The molecule has 0 unspecified atom stereocenters. The van der Waals surface area contributed by atoms with Gasteiger partial charge in [-0.2, -0.15) is 0 Å². The Balaban J connectivity index is 2.06. The summed E-state index contributed by atoms with van der Waals surface area (Å²) >= 11 is 0. The molecule has 18 heavy (non-hydrogen) atoms. The third-order valence-corrected chi connectivity index (χ3v) is 2.07. The molecular weight excluding hydrogens is 230 g/mol. The van der Waals surface area contributed by atoms with Crippen LogP contribution in [0.3, 0.4) is 0 Å². The molecule has 0 atom stereocenters. The first-order chi connectivity index (χ1) is 8.74. The van der Waals surface area contributed by atoms with Gasteiger partial charge in [-0.15, -0.1) is 0 Å². The highest BCUT2D eigenvalue weighted by Crippen LogP contribution is 2.17. The third kappa shape index (κ3) is 3.41. The van der Waals surface area contributed by atoms with E-state index >= 15 is 0 Å². The second-order valence-corrected chi connectivity index (χ2v) is 3.44. The van der Waals surface area contributed by atoms with E-state index < -0.39 is 5.91 Å². The molecule has 0 saturated carbocycles. The summed E-state index contributed by atoms with van der Waals surface area (Å²) in [5.74, 6) is 0.144. The van der Waals surface area contributed by atoms with Crippen molar-refractivity contribution >= 4 is 12.0 Å². The van der Waals surface area contributed by atoms with Crippen LogP contribution in [0.2, 0.25) is 0 Å². The molecule has 2 aromatic rings. The zero-order chi connectivity index (χ0) is 12.8. The van der Waals surface area contributed by atoms with E-state index in [9.17, 15) is 4.79 Å². The van der Waals surface area contributed by atoms with Gasteiger partial charge in [-0.25, -0.2) is 9.97 Å². The number of primary amides is 1. The van der Waals surface area contributed by atoms with Crippen LogP contribution in [0.1, 0.15) is 5.56 Å². The maximum atomic E-state index is 10.6. The van der Waals surface area contributed by atoms with Gasteiger partial charge in [0.05, 0.1) is 0 Å². The fourth-order valence-corrected chi connectivity index (χ4v) is 1.27. The van der Waals surface area contributed by atoms with Crippen molar-refractivity contribution in [1.82, 2.24) is 9.97 Å².